The van der Waals surface area contributed by atoms with Crippen LogP contribution in [0.15, 0.2) is 6.08 Å². The largest absolute Gasteiger partial charge is 0.465 e. The van der Waals surface area contributed by atoms with E-state index in [-0.39, 0.29) is 0 Å². The molecule has 16 heavy (non-hydrogen) atoms. The van der Waals surface area contributed by atoms with Crippen molar-refractivity contribution in [2.75, 3.05) is 7.11 Å². The molecule has 0 aromatic carbocycles. The molecule has 0 saturated heterocycles. The Morgan fingerprint density at radius 2 is 1.94 bits per heavy atom. The summed E-state index contributed by atoms with van der Waals surface area (Å²) in [5.74, 6) is -1.000. The lowest BCUT2D eigenvalue weighted by Gasteiger charge is -1.99. The molecule has 1 heterocycles. The molecular formula is C11H14N2O3. The Labute approximate surface area is 93.3 Å². The van der Waals surface area contributed by atoms with Gasteiger partial charge in [0, 0.05) is 23.0 Å². The number of H-pyrrole nitrogens is 1. The van der Waals surface area contributed by atoms with Gasteiger partial charge in [-0.1, -0.05) is 0 Å². The van der Waals surface area contributed by atoms with E-state index < -0.39 is 11.9 Å². The molecule has 0 fully saturated rings. The monoisotopic (exact) mass is 222 g/mol. The fourth-order valence-electron chi connectivity index (χ4n) is 1.54. The molecule has 1 amide bonds. The molecule has 0 spiro atoms. The van der Waals surface area contributed by atoms with Crippen LogP contribution in [0.4, 0.5) is 0 Å². The zero-order valence-corrected chi connectivity index (χ0v) is 9.46. The van der Waals surface area contributed by atoms with Gasteiger partial charge < -0.3 is 15.5 Å². The normalized spacial score (nSPS) is 10.7. The minimum atomic E-state index is -0.561. The van der Waals surface area contributed by atoms with E-state index in [4.69, 9.17) is 5.73 Å². The Morgan fingerprint density at radius 3 is 2.44 bits per heavy atom. The van der Waals surface area contributed by atoms with Crippen LogP contribution in [-0.2, 0) is 9.53 Å². The summed E-state index contributed by atoms with van der Waals surface area (Å²) in [5, 5.41) is 0. The minimum Gasteiger partial charge on any atom is -0.465 e. The fourth-order valence-corrected chi connectivity index (χ4v) is 1.54. The van der Waals surface area contributed by atoms with E-state index >= 15 is 0 Å². The summed E-state index contributed by atoms with van der Waals surface area (Å²) in [6.45, 7) is 3.57. The number of nitrogens with two attached hydrogens (primary N) is 1. The van der Waals surface area contributed by atoms with E-state index in [9.17, 15) is 9.59 Å². The third-order valence-electron chi connectivity index (χ3n) is 2.23. The molecule has 0 aliphatic carbocycles. The molecule has 5 nitrogen and oxygen atoms in total. The molecule has 0 bridgehead atoms. The van der Waals surface area contributed by atoms with Crippen LogP contribution in [0.2, 0.25) is 0 Å². The van der Waals surface area contributed by atoms with E-state index in [1.807, 2.05) is 0 Å². The van der Waals surface area contributed by atoms with Gasteiger partial charge in [0.1, 0.15) is 0 Å². The number of carbonyl (C=O) groups excluding carboxylic acids is 2. The molecule has 0 saturated carbocycles. The van der Waals surface area contributed by atoms with Crippen molar-refractivity contribution in [3.05, 3.63) is 28.6 Å². The Kier molecular flexibility index (Phi) is 3.50. The number of primary amides is 1. The molecule has 0 atom stereocenters. The Bertz CT molecular complexity index is 458. The number of aryl methyl sites for hydroxylation is 2. The first-order valence-corrected chi connectivity index (χ1v) is 4.72. The lowest BCUT2D eigenvalue weighted by Crippen LogP contribution is -2.06. The third kappa shape index (κ3) is 2.31. The van der Waals surface area contributed by atoms with Crippen LogP contribution in [-0.4, -0.2) is 24.0 Å². The van der Waals surface area contributed by atoms with E-state index in [0.29, 0.717) is 16.8 Å². The highest BCUT2D eigenvalue weighted by molar-refractivity contribution is 5.98. The van der Waals surface area contributed by atoms with Crippen LogP contribution in [0, 0.1) is 13.8 Å². The van der Waals surface area contributed by atoms with Gasteiger partial charge in [-0.25, -0.2) is 4.79 Å². The van der Waals surface area contributed by atoms with E-state index in [1.54, 1.807) is 13.8 Å². The second-order valence-electron chi connectivity index (χ2n) is 3.39. The quantitative estimate of drug-likeness (QED) is 0.589. The van der Waals surface area contributed by atoms with Gasteiger partial charge in [-0.2, -0.15) is 0 Å². The molecule has 1 aromatic rings. The maximum absolute atomic E-state index is 11.5. The molecule has 3 N–H and O–H groups in total. The van der Waals surface area contributed by atoms with Crippen LogP contribution in [0.3, 0.4) is 0 Å². The Balaban J connectivity index is 3.26. The number of hydrogen-bond donors (Lipinski definition) is 2. The van der Waals surface area contributed by atoms with Crippen molar-refractivity contribution >= 4 is 18.0 Å². The fraction of sp³-hybridized carbons (Fsp3) is 0.273. The van der Waals surface area contributed by atoms with Crippen molar-refractivity contribution in [2.24, 2.45) is 5.73 Å². The molecule has 0 aliphatic heterocycles. The average molecular weight is 222 g/mol. The molecule has 0 aliphatic rings. The summed E-state index contributed by atoms with van der Waals surface area (Å²) < 4.78 is 4.67. The standard InChI is InChI=1S/C11H14N2O3/c1-6-8(4-5-9(12)14)10(7(2)13-6)11(15)16-3/h4-5,13H,1-3H3,(H2,12,14)/b5-4-. The van der Waals surface area contributed by atoms with Gasteiger partial charge in [0.2, 0.25) is 5.91 Å². The second kappa shape index (κ2) is 4.65. The number of amides is 1. The Morgan fingerprint density at radius 1 is 1.31 bits per heavy atom. The van der Waals surface area contributed by atoms with Crippen LogP contribution in [0.25, 0.3) is 6.08 Å². The highest BCUT2D eigenvalue weighted by Gasteiger charge is 2.17. The van der Waals surface area contributed by atoms with Gasteiger partial charge in [0.25, 0.3) is 0 Å². The number of hydrogen-bond acceptors (Lipinski definition) is 3. The first kappa shape index (κ1) is 12.0. The van der Waals surface area contributed by atoms with Crippen molar-refractivity contribution in [1.29, 1.82) is 0 Å². The summed E-state index contributed by atoms with van der Waals surface area (Å²) in [7, 11) is 1.31. The van der Waals surface area contributed by atoms with Crippen LogP contribution in [0.5, 0.6) is 0 Å². The molecule has 86 valence electrons. The van der Waals surface area contributed by atoms with Crippen molar-refractivity contribution in [3.8, 4) is 0 Å². The highest BCUT2D eigenvalue weighted by Crippen LogP contribution is 2.20. The molecule has 0 unspecified atom stereocenters. The second-order valence-corrected chi connectivity index (χ2v) is 3.39. The third-order valence-corrected chi connectivity index (χ3v) is 2.23. The molecule has 1 aromatic heterocycles. The summed E-state index contributed by atoms with van der Waals surface area (Å²) in [5.41, 5.74) is 7.55. The lowest BCUT2D eigenvalue weighted by atomic mass is 10.1. The van der Waals surface area contributed by atoms with E-state index in [2.05, 4.69) is 9.72 Å². The molecular weight excluding hydrogens is 208 g/mol. The maximum Gasteiger partial charge on any atom is 0.340 e. The molecule has 5 heteroatoms. The molecule has 1 rings (SSSR count). The van der Waals surface area contributed by atoms with Crippen molar-refractivity contribution in [2.45, 2.75) is 13.8 Å². The predicted molar refractivity (Wildman–Crippen MR) is 59.8 cm³/mol. The average Bonchev–Trinajstić information content (AvgIpc) is 2.49. The van der Waals surface area contributed by atoms with Crippen LogP contribution < -0.4 is 5.73 Å². The summed E-state index contributed by atoms with van der Waals surface area (Å²) in [6, 6.07) is 0. The van der Waals surface area contributed by atoms with E-state index in [1.165, 1.54) is 19.3 Å². The van der Waals surface area contributed by atoms with Crippen molar-refractivity contribution < 1.29 is 14.3 Å². The zero-order chi connectivity index (χ0) is 12.3. The highest BCUT2D eigenvalue weighted by atomic mass is 16.5. The van der Waals surface area contributed by atoms with Crippen LogP contribution >= 0.6 is 0 Å². The van der Waals surface area contributed by atoms with Gasteiger partial charge >= 0.3 is 5.97 Å². The van der Waals surface area contributed by atoms with Crippen LogP contribution in [0.1, 0.15) is 27.3 Å². The summed E-state index contributed by atoms with van der Waals surface area (Å²) in [4.78, 5) is 25.2. The Hall–Kier alpha value is -2.04. The van der Waals surface area contributed by atoms with Crippen molar-refractivity contribution in [1.82, 2.24) is 4.98 Å². The zero-order valence-electron chi connectivity index (χ0n) is 9.46. The predicted octanol–water partition coefficient (Wildman–Crippen LogP) is 0.917. The first-order chi connectivity index (χ1) is 7.47. The number of carbonyl (C=O) groups is 2. The molecule has 0 radical (unpaired) electrons. The number of aromatic amines is 1. The number of nitrogens with one attached hydrogen (secondary N) is 1. The van der Waals surface area contributed by atoms with Gasteiger partial charge in [0.15, 0.2) is 0 Å². The number of aromatic nitrogens is 1. The van der Waals surface area contributed by atoms with E-state index in [0.717, 1.165) is 5.69 Å². The first-order valence-electron chi connectivity index (χ1n) is 4.72. The number of ether oxygens (including phenoxy) is 1. The smallest absolute Gasteiger partial charge is 0.340 e. The van der Waals surface area contributed by atoms with Gasteiger partial charge in [-0.3, -0.25) is 4.79 Å². The number of esters is 1. The summed E-state index contributed by atoms with van der Waals surface area (Å²) >= 11 is 0. The number of methoxy groups -OCH3 is 1. The maximum atomic E-state index is 11.5. The minimum absolute atomic E-state index is 0.428. The van der Waals surface area contributed by atoms with Gasteiger partial charge in [-0.15, -0.1) is 0 Å². The van der Waals surface area contributed by atoms with Crippen molar-refractivity contribution in [3.63, 3.8) is 0 Å². The SMILES string of the molecule is COC(=O)c1c(C)[nH]c(C)c1/C=C\C(N)=O. The topological polar surface area (TPSA) is 85.2 Å². The van der Waals surface area contributed by atoms with Gasteiger partial charge in [0.05, 0.1) is 12.7 Å². The van der Waals surface area contributed by atoms with Gasteiger partial charge in [-0.05, 0) is 19.9 Å². The number of rotatable bonds is 3. The summed E-state index contributed by atoms with van der Waals surface area (Å²) in [6.07, 6.45) is 2.72. The lowest BCUT2D eigenvalue weighted by molar-refractivity contribution is -0.113.